The maximum atomic E-state index is 13.9. The highest BCUT2D eigenvalue weighted by Crippen LogP contribution is 2.32. The fourth-order valence-electron chi connectivity index (χ4n) is 1.88. The number of imidazole rings is 1. The molecule has 5 heteroatoms. The highest BCUT2D eigenvalue weighted by atomic mass is 19.1. The van der Waals surface area contributed by atoms with E-state index in [0.29, 0.717) is 22.8 Å². The molecule has 1 aromatic heterocycles. The Morgan fingerprint density at radius 1 is 1.37 bits per heavy atom. The Hall–Kier alpha value is -1.88. The molecule has 0 radical (unpaired) electrons. The molecule has 0 spiro atoms. The smallest absolute Gasteiger partial charge is 0.136 e. The maximum Gasteiger partial charge on any atom is 0.136 e. The van der Waals surface area contributed by atoms with Crippen LogP contribution in [0.15, 0.2) is 24.4 Å². The third-order valence-electron chi connectivity index (χ3n) is 3.09. The number of benzene rings is 1. The first-order valence-electron chi connectivity index (χ1n) is 6.18. The number of nitrogens with zero attached hydrogens (tertiary/aromatic N) is 1. The first-order chi connectivity index (χ1) is 9.04. The topological polar surface area (TPSA) is 63.9 Å². The third kappa shape index (κ3) is 2.61. The Morgan fingerprint density at radius 2 is 2.11 bits per heavy atom. The van der Waals surface area contributed by atoms with Crippen molar-refractivity contribution in [2.24, 2.45) is 11.7 Å². The number of nitrogens with one attached hydrogen (secondary N) is 1. The van der Waals surface area contributed by atoms with Gasteiger partial charge >= 0.3 is 0 Å². The lowest BCUT2D eigenvalue weighted by atomic mass is 10.1. The van der Waals surface area contributed by atoms with Crippen LogP contribution in [0.2, 0.25) is 0 Å². The number of halogens is 1. The van der Waals surface area contributed by atoms with Crippen LogP contribution < -0.4 is 10.5 Å². The highest BCUT2D eigenvalue weighted by molar-refractivity contribution is 5.67. The average molecular weight is 263 g/mol. The van der Waals surface area contributed by atoms with Gasteiger partial charge in [0, 0.05) is 0 Å². The number of rotatable bonds is 4. The van der Waals surface area contributed by atoms with Crippen LogP contribution in [-0.4, -0.2) is 17.1 Å². The third-order valence-corrected chi connectivity index (χ3v) is 3.09. The summed E-state index contributed by atoms with van der Waals surface area (Å²) < 4.78 is 19.1. The van der Waals surface area contributed by atoms with Crippen LogP contribution in [0.5, 0.6) is 5.75 Å². The summed E-state index contributed by atoms with van der Waals surface area (Å²) in [5.74, 6) is 1.01. The van der Waals surface area contributed by atoms with Gasteiger partial charge < -0.3 is 15.5 Å². The van der Waals surface area contributed by atoms with E-state index in [2.05, 4.69) is 9.97 Å². The Labute approximate surface area is 111 Å². The van der Waals surface area contributed by atoms with Gasteiger partial charge in [-0.05, 0) is 18.1 Å². The normalized spacial score (nSPS) is 12.7. The summed E-state index contributed by atoms with van der Waals surface area (Å²) in [6.07, 6.45) is 1.58. The van der Waals surface area contributed by atoms with Crippen LogP contribution >= 0.6 is 0 Å². The lowest BCUT2D eigenvalue weighted by Crippen LogP contribution is -2.18. The molecule has 19 heavy (non-hydrogen) atoms. The molecule has 0 aliphatic rings. The Kier molecular flexibility index (Phi) is 3.85. The fraction of sp³-hybridized carbons (Fsp3) is 0.357. The number of hydrogen-bond donors (Lipinski definition) is 2. The van der Waals surface area contributed by atoms with Crippen molar-refractivity contribution in [1.29, 1.82) is 0 Å². The summed E-state index contributed by atoms with van der Waals surface area (Å²) in [6, 6.07) is 4.50. The predicted octanol–water partition coefficient (Wildman–Crippen LogP) is 2.88. The van der Waals surface area contributed by atoms with Crippen molar-refractivity contribution in [3.8, 4) is 17.0 Å². The van der Waals surface area contributed by atoms with E-state index in [1.807, 2.05) is 13.8 Å². The van der Waals surface area contributed by atoms with E-state index in [4.69, 9.17) is 10.5 Å². The summed E-state index contributed by atoms with van der Waals surface area (Å²) in [5, 5.41) is 0. The number of aromatic nitrogens is 2. The number of H-pyrrole nitrogens is 1. The van der Waals surface area contributed by atoms with Crippen LogP contribution in [0.25, 0.3) is 11.3 Å². The molecule has 2 aromatic rings. The molecule has 0 amide bonds. The molecule has 0 aliphatic carbocycles. The number of nitrogens with two attached hydrogens (primary N) is 1. The zero-order chi connectivity index (χ0) is 14.0. The van der Waals surface area contributed by atoms with Gasteiger partial charge in [0.1, 0.15) is 17.4 Å². The van der Waals surface area contributed by atoms with Gasteiger partial charge in [-0.25, -0.2) is 9.37 Å². The summed E-state index contributed by atoms with van der Waals surface area (Å²) in [6.45, 7) is 4.02. The van der Waals surface area contributed by atoms with Gasteiger partial charge in [-0.15, -0.1) is 0 Å². The number of ether oxygens (including phenoxy) is 1. The maximum absolute atomic E-state index is 13.9. The number of methoxy groups -OCH3 is 1. The minimum atomic E-state index is -0.354. The second-order valence-corrected chi connectivity index (χ2v) is 4.77. The molecule has 102 valence electrons. The molecule has 1 aromatic carbocycles. The van der Waals surface area contributed by atoms with Crippen LogP contribution in [0.4, 0.5) is 4.39 Å². The van der Waals surface area contributed by atoms with E-state index < -0.39 is 0 Å². The highest BCUT2D eigenvalue weighted by Gasteiger charge is 2.18. The summed E-state index contributed by atoms with van der Waals surface area (Å²) in [7, 11) is 1.51. The second kappa shape index (κ2) is 5.40. The molecule has 2 rings (SSSR count). The molecule has 4 nitrogen and oxygen atoms in total. The second-order valence-electron chi connectivity index (χ2n) is 4.77. The van der Waals surface area contributed by atoms with Gasteiger partial charge in [-0.1, -0.05) is 19.9 Å². The van der Waals surface area contributed by atoms with Gasteiger partial charge in [0.25, 0.3) is 0 Å². The first kappa shape index (κ1) is 13.5. The Bertz CT molecular complexity index is 566. The zero-order valence-corrected chi connectivity index (χ0v) is 11.3. The summed E-state index contributed by atoms with van der Waals surface area (Å²) >= 11 is 0. The van der Waals surface area contributed by atoms with Crippen LogP contribution in [0.3, 0.4) is 0 Å². The molecule has 0 saturated carbocycles. The van der Waals surface area contributed by atoms with E-state index in [-0.39, 0.29) is 17.8 Å². The van der Waals surface area contributed by atoms with Gasteiger partial charge in [0.15, 0.2) is 0 Å². The molecule has 1 unspecified atom stereocenters. The lowest BCUT2D eigenvalue weighted by molar-refractivity contribution is 0.413. The average Bonchev–Trinajstić information content (AvgIpc) is 2.86. The Balaban J connectivity index is 2.44. The molecule has 0 saturated heterocycles. The van der Waals surface area contributed by atoms with Crippen molar-refractivity contribution < 1.29 is 9.13 Å². The van der Waals surface area contributed by atoms with E-state index in [9.17, 15) is 4.39 Å². The van der Waals surface area contributed by atoms with Gasteiger partial charge in [0.2, 0.25) is 0 Å². The van der Waals surface area contributed by atoms with Crippen molar-refractivity contribution in [2.75, 3.05) is 7.11 Å². The molecule has 3 N–H and O–H groups in total. The van der Waals surface area contributed by atoms with E-state index in [1.165, 1.54) is 13.2 Å². The zero-order valence-electron chi connectivity index (χ0n) is 11.3. The van der Waals surface area contributed by atoms with Crippen LogP contribution in [0, 0.1) is 11.7 Å². The predicted molar refractivity (Wildman–Crippen MR) is 72.3 cm³/mol. The van der Waals surface area contributed by atoms with Crippen molar-refractivity contribution in [1.82, 2.24) is 9.97 Å². The van der Waals surface area contributed by atoms with Crippen molar-refractivity contribution >= 4 is 0 Å². The van der Waals surface area contributed by atoms with Gasteiger partial charge in [-0.2, -0.15) is 0 Å². The summed E-state index contributed by atoms with van der Waals surface area (Å²) in [4.78, 5) is 7.30. The Morgan fingerprint density at radius 3 is 2.74 bits per heavy atom. The summed E-state index contributed by atoms with van der Waals surface area (Å²) in [5.41, 5.74) is 6.96. The number of hydrogen-bond acceptors (Lipinski definition) is 3. The van der Waals surface area contributed by atoms with E-state index in [1.54, 1.807) is 18.3 Å². The minimum absolute atomic E-state index is 0.202. The van der Waals surface area contributed by atoms with E-state index >= 15 is 0 Å². The molecule has 0 bridgehead atoms. The van der Waals surface area contributed by atoms with Gasteiger partial charge in [0.05, 0.1) is 30.6 Å². The lowest BCUT2D eigenvalue weighted by Gasteiger charge is -2.12. The SMILES string of the molecule is COc1cccc(F)c1-c1cnc(C(N)C(C)C)[nH]1. The standard InChI is InChI=1S/C14H18FN3O/c1-8(2)13(16)14-17-7-10(18-14)12-9(15)5-4-6-11(12)19-3/h4-8,13H,16H2,1-3H3,(H,17,18). The monoisotopic (exact) mass is 263 g/mol. The van der Waals surface area contributed by atoms with Crippen LogP contribution in [-0.2, 0) is 0 Å². The van der Waals surface area contributed by atoms with Crippen molar-refractivity contribution in [3.05, 3.63) is 36.0 Å². The van der Waals surface area contributed by atoms with Crippen LogP contribution in [0.1, 0.15) is 25.7 Å². The number of aromatic amines is 1. The molecular formula is C14H18FN3O. The molecule has 1 heterocycles. The van der Waals surface area contributed by atoms with E-state index in [0.717, 1.165) is 0 Å². The largest absolute Gasteiger partial charge is 0.496 e. The molecule has 0 aliphatic heterocycles. The molecule has 0 fully saturated rings. The molecule has 1 atom stereocenters. The fourth-order valence-corrected chi connectivity index (χ4v) is 1.88. The van der Waals surface area contributed by atoms with Gasteiger partial charge in [-0.3, -0.25) is 0 Å². The quantitative estimate of drug-likeness (QED) is 0.891. The first-order valence-corrected chi connectivity index (χ1v) is 6.18. The molecular weight excluding hydrogens is 245 g/mol. The van der Waals surface area contributed by atoms with Crippen molar-refractivity contribution in [3.63, 3.8) is 0 Å². The minimum Gasteiger partial charge on any atom is -0.496 e. The van der Waals surface area contributed by atoms with Crippen molar-refractivity contribution in [2.45, 2.75) is 19.9 Å².